The highest BCUT2D eigenvalue weighted by Gasteiger charge is 2.36. The summed E-state index contributed by atoms with van der Waals surface area (Å²) in [6, 6.07) is 5.88. The number of anilines is 1. The van der Waals surface area contributed by atoms with Gasteiger partial charge in [0.05, 0.1) is 23.4 Å². The molecule has 1 unspecified atom stereocenters. The summed E-state index contributed by atoms with van der Waals surface area (Å²) >= 11 is 1.07. The Hall–Kier alpha value is -3.14. The Balaban J connectivity index is 1.74. The maximum atomic E-state index is 13.9. The first kappa shape index (κ1) is 18.2. The Kier molecular flexibility index (Phi) is 4.42. The summed E-state index contributed by atoms with van der Waals surface area (Å²) in [5.41, 5.74) is 0.0843. The molecule has 2 heterocycles. The minimum absolute atomic E-state index is 0.0178. The number of hydrogen-bond donors (Lipinski definition) is 1. The number of carbonyl (C=O) groups is 2. The molecule has 1 aliphatic heterocycles. The molecule has 0 saturated carbocycles. The van der Waals surface area contributed by atoms with Crippen LogP contribution in [0.3, 0.4) is 0 Å². The molecule has 10 heteroatoms. The van der Waals surface area contributed by atoms with Gasteiger partial charge in [0, 0.05) is 6.07 Å². The summed E-state index contributed by atoms with van der Waals surface area (Å²) in [6.07, 6.45) is -1.94. The Morgan fingerprint density at radius 3 is 2.79 bits per heavy atom. The van der Waals surface area contributed by atoms with Crippen molar-refractivity contribution in [2.45, 2.75) is 19.1 Å². The lowest BCUT2D eigenvalue weighted by Gasteiger charge is -2.33. The molecule has 1 N–H and O–H groups in total. The molecule has 0 saturated heterocycles. The first-order valence-electron chi connectivity index (χ1n) is 8.06. The highest BCUT2D eigenvalue weighted by molar-refractivity contribution is 7.18. The molecule has 144 valence electrons. The lowest BCUT2D eigenvalue weighted by molar-refractivity contribution is -0.142. The third kappa shape index (κ3) is 3.15. The smallest absolute Gasteiger partial charge is 0.307 e. The van der Waals surface area contributed by atoms with Crippen LogP contribution in [0.1, 0.15) is 11.4 Å². The number of carboxylic acid groups (broad SMARTS) is 1. The van der Waals surface area contributed by atoms with Crippen molar-refractivity contribution in [2.75, 3.05) is 4.90 Å². The number of rotatable bonds is 4. The van der Waals surface area contributed by atoms with E-state index in [0.29, 0.717) is 9.71 Å². The first-order chi connectivity index (χ1) is 13.3. The van der Waals surface area contributed by atoms with Gasteiger partial charge in [-0.25, -0.2) is 18.2 Å². The van der Waals surface area contributed by atoms with Crippen molar-refractivity contribution in [3.8, 4) is 5.75 Å². The monoisotopic (exact) mass is 408 g/mol. The van der Waals surface area contributed by atoms with E-state index in [2.05, 4.69) is 4.98 Å². The van der Waals surface area contributed by atoms with Crippen LogP contribution in [0.4, 0.5) is 18.9 Å². The van der Waals surface area contributed by atoms with Gasteiger partial charge in [-0.15, -0.1) is 11.3 Å². The number of halogens is 3. The standard InChI is InChI=1S/C18H11F3N2O4S/c19-8-1-3-10-11(5-8)27-12(6-15(24)25)18(26)23(10)7-14-22-17-13(28-14)4-2-9(20)16(17)21/h1-5,12H,6-7H2,(H,24,25). The van der Waals surface area contributed by atoms with Crippen molar-refractivity contribution < 1.29 is 32.6 Å². The third-order valence-corrected chi connectivity index (χ3v) is 5.18. The van der Waals surface area contributed by atoms with Crippen LogP contribution in [0.25, 0.3) is 10.2 Å². The van der Waals surface area contributed by atoms with Crippen LogP contribution in [0.2, 0.25) is 0 Å². The minimum atomic E-state index is -1.34. The van der Waals surface area contributed by atoms with Gasteiger partial charge in [-0.1, -0.05) is 0 Å². The number of aliphatic carboxylic acids is 1. The number of aromatic nitrogens is 1. The molecule has 0 bridgehead atoms. The SMILES string of the molecule is O=C(O)CC1Oc2cc(F)ccc2N(Cc2nc3c(F)c(F)ccc3s2)C1=O. The second-order valence-electron chi connectivity index (χ2n) is 6.06. The summed E-state index contributed by atoms with van der Waals surface area (Å²) in [5, 5.41) is 9.31. The lowest BCUT2D eigenvalue weighted by atomic mass is 10.1. The second-order valence-corrected chi connectivity index (χ2v) is 7.17. The molecular formula is C18H11F3N2O4S. The van der Waals surface area contributed by atoms with Gasteiger partial charge >= 0.3 is 5.97 Å². The van der Waals surface area contributed by atoms with E-state index >= 15 is 0 Å². The molecule has 1 aliphatic rings. The lowest BCUT2D eigenvalue weighted by Crippen LogP contribution is -2.46. The zero-order valence-electron chi connectivity index (χ0n) is 14.0. The number of benzene rings is 2. The number of carboxylic acids is 1. The van der Waals surface area contributed by atoms with Crippen molar-refractivity contribution in [1.29, 1.82) is 0 Å². The van der Waals surface area contributed by atoms with Crippen LogP contribution in [0, 0.1) is 17.5 Å². The Labute approximate surface area is 159 Å². The van der Waals surface area contributed by atoms with E-state index in [4.69, 9.17) is 9.84 Å². The number of hydrogen-bond acceptors (Lipinski definition) is 5. The number of amides is 1. The third-order valence-electron chi connectivity index (χ3n) is 4.17. The van der Waals surface area contributed by atoms with E-state index in [9.17, 15) is 22.8 Å². The maximum Gasteiger partial charge on any atom is 0.307 e. The summed E-state index contributed by atoms with van der Waals surface area (Å²) in [5.74, 6) is -4.61. The molecule has 4 rings (SSSR count). The van der Waals surface area contributed by atoms with E-state index in [0.717, 1.165) is 29.5 Å². The number of carbonyl (C=O) groups excluding carboxylic acids is 1. The van der Waals surface area contributed by atoms with E-state index in [1.54, 1.807) is 0 Å². The summed E-state index contributed by atoms with van der Waals surface area (Å²) in [6.45, 7) is -0.128. The van der Waals surface area contributed by atoms with Crippen LogP contribution in [-0.4, -0.2) is 28.1 Å². The molecule has 0 radical (unpaired) electrons. The van der Waals surface area contributed by atoms with E-state index < -0.39 is 41.9 Å². The minimum Gasteiger partial charge on any atom is -0.481 e. The fourth-order valence-corrected chi connectivity index (χ4v) is 3.89. The van der Waals surface area contributed by atoms with Gasteiger partial charge in [0.1, 0.15) is 22.1 Å². The van der Waals surface area contributed by atoms with E-state index in [1.165, 1.54) is 17.0 Å². The number of nitrogens with zero attached hydrogens (tertiary/aromatic N) is 2. The molecule has 0 spiro atoms. The number of ether oxygens (including phenoxy) is 1. The van der Waals surface area contributed by atoms with E-state index in [-0.39, 0.29) is 23.5 Å². The van der Waals surface area contributed by atoms with Crippen LogP contribution in [0.15, 0.2) is 30.3 Å². The van der Waals surface area contributed by atoms with Crippen LogP contribution in [-0.2, 0) is 16.1 Å². The molecule has 28 heavy (non-hydrogen) atoms. The van der Waals surface area contributed by atoms with Crippen LogP contribution in [0.5, 0.6) is 5.75 Å². The normalized spacial score (nSPS) is 16.2. The summed E-state index contributed by atoms with van der Waals surface area (Å²) in [4.78, 5) is 29.0. The van der Waals surface area contributed by atoms with Gasteiger partial charge in [0.2, 0.25) is 0 Å². The molecule has 1 amide bonds. The van der Waals surface area contributed by atoms with Crippen molar-refractivity contribution >= 4 is 39.1 Å². The average molecular weight is 408 g/mol. The molecule has 0 fully saturated rings. The van der Waals surface area contributed by atoms with Gasteiger partial charge in [-0.3, -0.25) is 14.5 Å². The molecule has 0 aliphatic carbocycles. The molecular weight excluding hydrogens is 397 g/mol. The van der Waals surface area contributed by atoms with Gasteiger partial charge < -0.3 is 9.84 Å². The van der Waals surface area contributed by atoms with Crippen molar-refractivity contribution in [2.24, 2.45) is 0 Å². The highest BCUT2D eigenvalue weighted by Crippen LogP contribution is 2.37. The molecule has 3 aromatic rings. The van der Waals surface area contributed by atoms with E-state index in [1.807, 2.05) is 0 Å². The molecule has 6 nitrogen and oxygen atoms in total. The van der Waals surface area contributed by atoms with Gasteiger partial charge in [0.15, 0.2) is 17.7 Å². The fraction of sp³-hybridized carbons (Fsp3) is 0.167. The zero-order chi connectivity index (χ0) is 20.0. The van der Waals surface area contributed by atoms with Gasteiger partial charge in [-0.2, -0.15) is 0 Å². The first-order valence-corrected chi connectivity index (χ1v) is 8.88. The van der Waals surface area contributed by atoms with Crippen LogP contribution >= 0.6 is 11.3 Å². The highest BCUT2D eigenvalue weighted by atomic mass is 32.1. The number of thiazole rings is 1. The molecule has 1 aromatic heterocycles. The van der Waals surface area contributed by atoms with Crippen molar-refractivity contribution in [1.82, 2.24) is 4.98 Å². The summed E-state index contributed by atoms with van der Waals surface area (Å²) in [7, 11) is 0. The Morgan fingerprint density at radius 2 is 2.04 bits per heavy atom. The van der Waals surface area contributed by atoms with Gasteiger partial charge in [0.25, 0.3) is 5.91 Å². The predicted molar refractivity (Wildman–Crippen MR) is 93.8 cm³/mol. The second kappa shape index (κ2) is 6.79. The molecule has 2 aromatic carbocycles. The predicted octanol–water partition coefficient (Wildman–Crippen LogP) is 3.48. The Bertz CT molecular complexity index is 1120. The topological polar surface area (TPSA) is 79.7 Å². The van der Waals surface area contributed by atoms with Crippen molar-refractivity contribution in [3.63, 3.8) is 0 Å². The van der Waals surface area contributed by atoms with Crippen molar-refractivity contribution in [3.05, 3.63) is 52.8 Å². The summed E-state index contributed by atoms with van der Waals surface area (Å²) < 4.78 is 46.6. The fourth-order valence-electron chi connectivity index (χ4n) is 2.94. The Morgan fingerprint density at radius 1 is 1.25 bits per heavy atom. The largest absolute Gasteiger partial charge is 0.481 e. The number of fused-ring (bicyclic) bond motifs is 2. The van der Waals surface area contributed by atoms with Gasteiger partial charge in [-0.05, 0) is 24.3 Å². The average Bonchev–Trinajstić information content (AvgIpc) is 3.05. The maximum absolute atomic E-state index is 13.9. The van der Waals surface area contributed by atoms with Crippen LogP contribution < -0.4 is 9.64 Å². The molecule has 1 atom stereocenters. The quantitative estimate of drug-likeness (QED) is 0.715. The zero-order valence-corrected chi connectivity index (χ0v) is 14.8.